The van der Waals surface area contributed by atoms with Crippen LogP contribution in [-0.2, 0) is 6.42 Å². The molecule has 0 aliphatic heterocycles. The molecule has 0 fully saturated rings. The van der Waals surface area contributed by atoms with Gasteiger partial charge in [-0.15, -0.1) is 0 Å². The van der Waals surface area contributed by atoms with E-state index in [1.54, 1.807) is 0 Å². The van der Waals surface area contributed by atoms with Gasteiger partial charge in [0.05, 0.1) is 11.7 Å². The molecule has 218 valence electrons. The molecule has 0 spiro atoms. The van der Waals surface area contributed by atoms with Gasteiger partial charge in [-0.05, 0) is 88.0 Å². The van der Waals surface area contributed by atoms with Gasteiger partial charge in [-0.3, -0.25) is 4.90 Å². The van der Waals surface area contributed by atoms with Gasteiger partial charge in [0.2, 0.25) is 0 Å². The largest absolute Gasteiger partial charge is 0.330 e. The Morgan fingerprint density at radius 2 is 1.26 bits per heavy atom. The van der Waals surface area contributed by atoms with E-state index in [0.29, 0.717) is 0 Å². The fourth-order valence-corrected chi connectivity index (χ4v) is 7.26. The first-order chi connectivity index (χ1) is 22.8. The van der Waals surface area contributed by atoms with Crippen LogP contribution in [0.15, 0.2) is 164 Å². The Bertz CT molecular complexity index is 2250. The van der Waals surface area contributed by atoms with Crippen molar-refractivity contribution in [2.75, 3.05) is 9.80 Å². The van der Waals surface area contributed by atoms with Crippen LogP contribution in [0.1, 0.15) is 16.7 Å². The highest BCUT2D eigenvalue weighted by molar-refractivity contribution is 6.10. The molecule has 46 heavy (non-hydrogen) atoms. The number of aromatic nitrogens is 1. The summed E-state index contributed by atoms with van der Waals surface area (Å²) in [6.45, 7) is 0. The van der Waals surface area contributed by atoms with Crippen molar-refractivity contribution >= 4 is 61.8 Å². The topological polar surface area (TPSA) is 19.4 Å². The average Bonchev–Trinajstić information content (AvgIpc) is 3.13. The first kappa shape index (κ1) is 26.5. The molecule has 6 aromatic carbocycles. The van der Waals surface area contributed by atoms with Crippen LogP contribution in [0.4, 0.5) is 28.6 Å². The average molecular weight is 590 g/mol. The van der Waals surface area contributed by atoms with Gasteiger partial charge in [0.15, 0.2) is 0 Å². The third kappa shape index (κ3) is 4.32. The quantitative estimate of drug-likeness (QED) is 0.192. The number of benzene rings is 6. The first-order valence-electron chi connectivity index (χ1n) is 15.9. The number of allylic oxidation sites excluding steroid dienone is 1. The zero-order chi connectivity index (χ0) is 30.5. The highest BCUT2D eigenvalue weighted by Crippen LogP contribution is 2.48. The summed E-state index contributed by atoms with van der Waals surface area (Å²) in [7, 11) is 0. The highest BCUT2D eigenvalue weighted by atomic mass is 15.2. The van der Waals surface area contributed by atoms with E-state index >= 15 is 0 Å². The van der Waals surface area contributed by atoms with Crippen LogP contribution >= 0.6 is 0 Å². The Hall–Kier alpha value is -5.93. The van der Waals surface area contributed by atoms with E-state index in [0.717, 1.165) is 29.0 Å². The van der Waals surface area contributed by atoms with E-state index in [9.17, 15) is 0 Å². The zero-order valence-corrected chi connectivity index (χ0v) is 25.3. The van der Waals surface area contributed by atoms with Gasteiger partial charge in [-0.2, -0.15) is 0 Å². The fourth-order valence-electron chi connectivity index (χ4n) is 7.26. The molecule has 2 aliphatic rings. The molecule has 0 N–H and O–H groups in total. The Morgan fingerprint density at radius 1 is 0.609 bits per heavy atom. The van der Waals surface area contributed by atoms with Crippen molar-refractivity contribution in [2.45, 2.75) is 12.5 Å². The molecular weight excluding hydrogens is 558 g/mol. The molecule has 0 radical (unpaired) electrons. The number of nitrogens with zero attached hydrogens (tertiary/aromatic N) is 3. The molecule has 0 saturated heterocycles. The number of rotatable bonds is 6. The highest BCUT2D eigenvalue weighted by Gasteiger charge is 2.31. The van der Waals surface area contributed by atoms with Gasteiger partial charge >= 0.3 is 0 Å². The lowest BCUT2D eigenvalue weighted by Crippen LogP contribution is -2.33. The monoisotopic (exact) mass is 589 g/mol. The van der Waals surface area contributed by atoms with E-state index in [-0.39, 0.29) is 6.04 Å². The van der Waals surface area contributed by atoms with Gasteiger partial charge in [0.1, 0.15) is 5.82 Å². The molecule has 0 saturated carbocycles. The molecule has 1 unspecified atom stereocenters. The van der Waals surface area contributed by atoms with Crippen molar-refractivity contribution in [1.82, 2.24) is 4.98 Å². The standard InChI is InChI=1S/C43H31N3/c1-4-14-34(15-5-1)45(35-16-6-2-7-17-35)39-26-22-30-21-25-38-40(27-23-31-20-24-37(39)42(30)43(31)38)46(36-18-8-3-9-19-36)41-28-32-12-10-11-13-33(32)29-44-41/h1-19,21-29,39H,20H2. The van der Waals surface area contributed by atoms with Crippen molar-refractivity contribution in [3.05, 3.63) is 181 Å². The molecule has 1 heterocycles. The molecule has 7 aromatic rings. The lowest BCUT2D eigenvalue weighted by atomic mass is 9.78. The van der Waals surface area contributed by atoms with Crippen LogP contribution in [0.5, 0.6) is 0 Å². The molecular formula is C43H31N3. The molecule has 9 rings (SSSR count). The smallest absolute Gasteiger partial charge is 0.138 e. The number of para-hydroxylation sites is 3. The third-order valence-corrected chi connectivity index (χ3v) is 9.33. The predicted octanol–water partition coefficient (Wildman–Crippen LogP) is 11.0. The molecule has 3 nitrogen and oxygen atoms in total. The Balaban J connectivity index is 1.24. The normalized spacial score (nSPS) is 14.7. The van der Waals surface area contributed by atoms with E-state index in [1.165, 1.54) is 49.8 Å². The molecule has 3 heteroatoms. The second kappa shape index (κ2) is 10.9. The number of hydrogen-bond acceptors (Lipinski definition) is 3. The summed E-state index contributed by atoms with van der Waals surface area (Å²) in [5.74, 6) is 0.904. The van der Waals surface area contributed by atoms with Crippen molar-refractivity contribution in [1.29, 1.82) is 0 Å². The maximum absolute atomic E-state index is 5.00. The van der Waals surface area contributed by atoms with Crippen molar-refractivity contribution in [3.63, 3.8) is 0 Å². The minimum atomic E-state index is 0.0621. The van der Waals surface area contributed by atoms with Crippen LogP contribution in [0.25, 0.3) is 33.2 Å². The summed E-state index contributed by atoms with van der Waals surface area (Å²) in [5, 5.41) is 4.88. The van der Waals surface area contributed by atoms with Crippen LogP contribution < -0.4 is 9.80 Å². The van der Waals surface area contributed by atoms with Gasteiger partial charge in [-0.25, -0.2) is 4.98 Å². The maximum atomic E-state index is 5.00. The number of fused-ring (bicyclic) bond motifs is 1. The number of pyridine rings is 1. The van der Waals surface area contributed by atoms with Crippen LogP contribution in [0.2, 0.25) is 0 Å². The van der Waals surface area contributed by atoms with Crippen molar-refractivity contribution in [3.8, 4) is 0 Å². The molecule has 2 aliphatic carbocycles. The number of hydrogen-bond donors (Lipinski definition) is 0. The van der Waals surface area contributed by atoms with Gasteiger partial charge in [0, 0.05) is 34.0 Å². The fraction of sp³-hybridized carbons (Fsp3) is 0.0465. The summed E-state index contributed by atoms with van der Waals surface area (Å²) in [5.41, 5.74) is 9.89. The van der Waals surface area contributed by atoms with E-state index < -0.39 is 0 Å². The number of anilines is 5. The first-order valence-corrected chi connectivity index (χ1v) is 15.9. The summed E-state index contributed by atoms with van der Waals surface area (Å²) < 4.78 is 0. The minimum Gasteiger partial charge on any atom is -0.330 e. The second-order valence-electron chi connectivity index (χ2n) is 12.0. The lowest BCUT2D eigenvalue weighted by Gasteiger charge is -2.38. The third-order valence-electron chi connectivity index (χ3n) is 9.33. The Morgan fingerprint density at radius 3 is 1.98 bits per heavy atom. The zero-order valence-electron chi connectivity index (χ0n) is 25.3. The van der Waals surface area contributed by atoms with Crippen molar-refractivity contribution < 1.29 is 0 Å². The Kier molecular flexibility index (Phi) is 6.27. The lowest BCUT2D eigenvalue weighted by molar-refractivity contribution is 0.950. The van der Waals surface area contributed by atoms with Gasteiger partial charge in [0.25, 0.3) is 0 Å². The van der Waals surface area contributed by atoms with Crippen LogP contribution in [0.3, 0.4) is 0 Å². The van der Waals surface area contributed by atoms with E-state index in [1.807, 2.05) is 6.20 Å². The van der Waals surface area contributed by atoms with Crippen LogP contribution in [-0.4, -0.2) is 11.0 Å². The second-order valence-corrected chi connectivity index (χ2v) is 12.0. The molecule has 1 atom stereocenters. The SMILES string of the molecule is C1=CC(N(c2ccccc2)c2ccccc2)C2=CCc3ccc(N(c4ccccc4)c4cc5ccccc5cn4)c4ccc1c2c34. The summed E-state index contributed by atoms with van der Waals surface area (Å²) >= 11 is 0. The summed E-state index contributed by atoms with van der Waals surface area (Å²) in [6.07, 6.45) is 10.0. The predicted molar refractivity (Wildman–Crippen MR) is 193 cm³/mol. The summed E-state index contributed by atoms with van der Waals surface area (Å²) in [4.78, 5) is 9.78. The van der Waals surface area contributed by atoms with E-state index in [2.05, 4.69) is 174 Å². The van der Waals surface area contributed by atoms with Gasteiger partial charge in [-0.1, -0.05) is 115 Å². The maximum Gasteiger partial charge on any atom is 0.138 e. The molecule has 1 aromatic heterocycles. The molecule has 0 bridgehead atoms. The van der Waals surface area contributed by atoms with Crippen LogP contribution in [0, 0.1) is 0 Å². The Labute approximate surface area is 269 Å². The van der Waals surface area contributed by atoms with Crippen molar-refractivity contribution in [2.24, 2.45) is 0 Å². The van der Waals surface area contributed by atoms with Gasteiger partial charge < -0.3 is 4.90 Å². The minimum absolute atomic E-state index is 0.0621. The summed E-state index contributed by atoms with van der Waals surface area (Å²) in [6, 6.07) is 52.0. The van der Waals surface area contributed by atoms with E-state index in [4.69, 9.17) is 4.98 Å². The molecule has 0 amide bonds.